The van der Waals surface area contributed by atoms with Gasteiger partial charge < -0.3 is 4.90 Å². The van der Waals surface area contributed by atoms with Gasteiger partial charge in [-0.1, -0.05) is 6.92 Å². The van der Waals surface area contributed by atoms with Crippen LogP contribution in [0.15, 0.2) is 17.0 Å². The molecule has 0 aliphatic carbocycles. The summed E-state index contributed by atoms with van der Waals surface area (Å²) in [5.74, 6) is -0.201. The molecule has 0 N–H and O–H groups in total. The van der Waals surface area contributed by atoms with Gasteiger partial charge in [0.25, 0.3) is 0 Å². The predicted octanol–water partition coefficient (Wildman–Crippen LogP) is 0.565. The maximum absolute atomic E-state index is 12.9. The first kappa shape index (κ1) is 12.5. The van der Waals surface area contributed by atoms with Gasteiger partial charge in [-0.2, -0.15) is 4.31 Å². The number of rotatable bonds is 4. The minimum absolute atomic E-state index is 0.0461. The Morgan fingerprint density at radius 2 is 2.24 bits per heavy atom. The highest BCUT2D eigenvalue weighted by Crippen LogP contribution is 2.21. The largest absolute Gasteiger partial charge is 0.350 e. The summed E-state index contributed by atoms with van der Waals surface area (Å²) in [6.07, 6.45) is 3.19. The molecule has 0 radical (unpaired) electrons. The highest BCUT2D eigenvalue weighted by atomic mass is 32.2. The Balaban J connectivity index is 1.89. The lowest BCUT2D eigenvalue weighted by Crippen LogP contribution is -2.60. The second-order valence-electron chi connectivity index (χ2n) is 4.27. The summed E-state index contributed by atoms with van der Waals surface area (Å²) >= 11 is 0. The van der Waals surface area contributed by atoms with Crippen LogP contribution >= 0.6 is 0 Å². The molecule has 0 amide bonds. The molecule has 2 heterocycles. The van der Waals surface area contributed by atoms with Crippen molar-refractivity contribution in [3.8, 4) is 0 Å². The van der Waals surface area contributed by atoms with Gasteiger partial charge in [0.1, 0.15) is 6.67 Å². The Labute approximate surface area is 101 Å². The van der Waals surface area contributed by atoms with E-state index in [1.165, 1.54) is 16.7 Å². The zero-order chi connectivity index (χ0) is 12.5. The maximum Gasteiger partial charge on any atom is 0.214 e. The highest BCUT2D eigenvalue weighted by Gasteiger charge is 2.37. The van der Waals surface area contributed by atoms with Crippen LogP contribution in [0.4, 0.5) is 4.39 Å². The minimum atomic E-state index is -3.10. The van der Waals surface area contributed by atoms with E-state index in [1.807, 2.05) is 6.92 Å². The molecule has 2 rings (SSSR count). The Hall–Kier alpha value is -0.950. The van der Waals surface area contributed by atoms with Gasteiger partial charge in [-0.05, 0) is 6.42 Å². The molecule has 1 saturated heterocycles. The van der Waals surface area contributed by atoms with E-state index < -0.39 is 10.0 Å². The van der Waals surface area contributed by atoms with E-state index >= 15 is 0 Å². The molecule has 5 nitrogen and oxygen atoms in total. The molecule has 0 aromatic heterocycles. The Morgan fingerprint density at radius 3 is 2.82 bits per heavy atom. The van der Waals surface area contributed by atoms with Crippen molar-refractivity contribution in [2.75, 3.05) is 25.5 Å². The molecule has 0 unspecified atom stereocenters. The number of allylic oxidation sites excluding steroid dienone is 1. The molecule has 17 heavy (non-hydrogen) atoms. The lowest BCUT2D eigenvalue weighted by molar-refractivity contribution is 0.128. The van der Waals surface area contributed by atoms with Crippen LogP contribution in [-0.2, 0) is 10.0 Å². The van der Waals surface area contributed by atoms with Crippen LogP contribution in [-0.4, -0.2) is 55.4 Å². The van der Waals surface area contributed by atoms with Gasteiger partial charge in [0.15, 0.2) is 5.83 Å². The lowest BCUT2D eigenvalue weighted by atomic mass is 10.1. The van der Waals surface area contributed by atoms with Gasteiger partial charge >= 0.3 is 0 Å². The average Bonchev–Trinajstić information content (AvgIpc) is 2.14. The number of halogens is 1. The van der Waals surface area contributed by atoms with E-state index in [0.29, 0.717) is 26.2 Å². The van der Waals surface area contributed by atoms with Gasteiger partial charge in [-0.25, -0.2) is 12.8 Å². The number of nitrogens with zero attached hydrogens (tertiary/aromatic N) is 3. The third kappa shape index (κ3) is 2.66. The quantitative estimate of drug-likeness (QED) is 0.743. The van der Waals surface area contributed by atoms with Crippen molar-refractivity contribution in [2.24, 2.45) is 4.99 Å². The molecule has 2 aliphatic heterocycles. The van der Waals surface area contributed by atoms with Crippen molar-refractivity contribution < 1.29 is 12.8 Å². The second-order valence-corrected chi connectivity index (χ2v) is 6.36. The fourth-order valence-electron chi connectivity index (χ4n) is 1.92. The molecule has 0 bridgehead atoms. The molecule has 2 aliphatic rings. The number of hydrogen-bond acceptors (Lipinski definition) is 4. The summed E-state index contributed by atoms with van der Waals surface area (Å²) in [5.41, 5.74) is 0. The van der Waals surface area contributed by atoms with Gasteiger partial charge in [0, 0.05) is 19.3 Å². The Kier molecular flexibility index (Phi) is 3.48. The SMILES string of the molecule is CCCS(=O)(=O)N1CC(N2C=C(F)C=NC2)C1. The van der Waals surface area contributed by atoms with E-state index in [4.69, 9.17) is 0 Å². The highest BCUT2D eigenvalue weighted by molar-refractivity contribution is 7.89. The average molecular weight is 261 g/mol. The third-order valence-electron chi connectivity index (χ3n) is 2.90. The molecule has 0 aromatic carbocycles. The summed E-state index contributed by atoms with van der Waals surface area (Å²) in [5, 5.41) is 0. The molecular weight excluding hydrogens is 245 g/mol. The number of aliphatic imine (C=N–C) groups is 1. The third-order valence-corrected chi connectivity index (χ3v) is 4.91. The molecule has 7 heteroatoms. The molecule has 0 spiro atoms. The van der Waals surface area contributed by atoms with Gasteiger partial charge in [-0.15, -0.1) is 0 Å². The molecule has 0 saturated carbocycles. The van der Waals surface area contributed by atoms with Crippen LogP contribution in [0.25, 0.3) is 0 Å². The fraction of sp³-hybridized carbons (Fsp3) is 0.700. The Morgan fingerprint density at radius 1 is 1.53 bits per heavy atom. The van der Waals surface area contributed by atoms with Crippen LogP contribution in [0.3, 0.4) is 0 Å². The first-order chi connectivity index (χ1) is 8.03. The van der Waals surface area contributed by atoms with Crippen LogP contribution in [0.5, 0.6) is 0 Å². The normalized spacial score (nSPS) is 22.5. The smallest absolute Gasteiger partial charge is 0.214 e. The van der Waals surface area contributed by atoms with Crippen molar-refractivity contribution in [2.45, 2.75) is 19.4 Å². The van der Waals surface area contributed by atoms with Crippen LogP contribution in [0.2, 0.25) is 0 Å². The van der Waals surface area contributed by atoms with E-state index in [9.17, 15) is 12.8 Å². The van der Waals surface area contributed by atoms with Crippen LogP contribution in [0, 0.1) is 0 Å². The first-order valence-electron chi connectivity index (χ1n) is 5.63. The summed E-state index contributed by atoms with van der Waals surface area (Å²) < 4.78 is 37.8. The molecular formula is C10H16FN3O2S. The monoisotopic (exact) mass is 261 g/mol. The van der Waals surface area contributed by atoms with Crippen molar-refractivity contribution >= 4 is 16.2 Å². The molecule has 96 valence electrons. The second kappa shape index (κ2) is 4.73. The number of hydrogen-bond donors (Lipinski definition) is 0. The Bertz CT molecular complexity index is 440. The van der Waals surface area contributed by atoms with Crippen molar-refractivity contribution in [3.05, 3.63) is 12.0 Å². The summed E-state index contributed by atoms with van der Waals surface area (Å²) in [6.45, 7) is 3.11. The van der Waals surface area contributed by atoms with E-state index in [0.717, 1.165) is 0 Å². The van der Waals surface area contributed by atoms with Gasteiger partial charge in [-0.3, -0.25) is 4.99 Å². The zero-order valence-corrected chi connectivity index (χ0v) is 10.5. The van der Waals surface area contributed by atoms with Gasteiger partial charge in [0.2, 0.25) is 10.0 Å². The van der Waals surface area contributed by atoms with E-state index in [-0.39, 0.29) is 17.6 Å². The topological polar surface area (TPSA) is 53.0 Å². The van der Waals surface area contributed by atoms with E-state index in [1.54, 1.807) is 4.90 Å². The fourth-order valence-corrected chi connectivity index (χ4v) is 3.49. The zero-order valence-electron chi connectivity index (χ0n) is 9.71. The number of sulfonamides is 1. The minimum Gasteiger partial charge on any atom is -0.350 e. The van der Waals surface area contributed by atoms with Crippen LogP contribution in [0.1, 0.15) is 13.3 Å². The van der Waals surface area contributed by atoms with E-state index in [2.05, 4.69) is 4.99 Å². The summed E-state index contributed by atoms with van der Waals surface area (Å²) in [7, 11) is -3.10. The maximum atomic E-state index is 12.9. The molecule has 0 aromatic rings. The van der Waals surface area contributed by atoms with Crippen LogP contribution < -0.4 is 0 Å². The van der Waals surface area contributed by atoms with Crippen molar-refractivity contribution in [3.63, 3.8) is 0 Å². The molecule has 1 fully saturated rings. The predicted molar refractivity (Wildman–Crippen MR) is 63.8 cm³/mol. The summed E-state index contributed by atoms with van der Waals surface area (Å²) in [4.78, 5) is 5.60. The first-order valence-corrected chi connectivity index (χ1v) is 7.24. The summed E-state index contributed by atoms with van der Waals surface area (Å²) in [6, 6.07) is 0.0461. The molecule has 0 atom stereocenters. The standard InChI is InChI=1S/C10H16FN3O2S/c1-2-3-17(15,16)14-6-10(7-14)13-5-9(11)4-12-8-13/h4-5,10H,2-3,6-8H2,1H3. The van der Waals surface area contributed by atoms with Crippen molar-refractivity contribution in [1.82, 2.24) is 9.21 Å². The van der Waals surface area contributed by atoms with Crippen molar-refractivity contribution in [1.29, 1.82) is 0 Å². The lowest BCUT2D eigenvalue weighted by Gasteiger charge is -2.43. The van der Waals surface area contributed by atoms with Gasteiger partial charge in [0.05, 0.1) is 18.0 Å².